The minimum Gasteiger partial charge on any atom is -0.338 e. The van der Waals surface area contributed by atoms with Crippen molar-refractivity contribution in [1.29, 1.82) is 0 Å². The first-order valence-electron chi connectivity index (χ1n) is 5.66. The molecule has 0 amide bonds. The van der Waals surface area contributed by atoms with E-state index in [0.29, 0.717) is 16.4 Å². The maximum absolute atomic E-state index is 13.9. The summed E-state index contributed by atoms with van der Waals surface area (Å²) in [4.78, 5) is 7.55. The average Bonchev–Trinajstić information content (AvgIpc) is 2.72. The molecule has 5 heteroatoms. The SMILES string of the molecule is Cc1cc(Br)cc2[nH]c(-c3c(F)cccc3Cl)nc12. The number of hydrogen-bond acceptors (Lipinski definition) is 1. The zero-order valence-electron chi connectivity index (χ0n) is 9.97. The minimum atomic E-state index is -0.386. The van der Waals surface area contributed by atoms with Crippen molar-refractivity contribution in [3.8, 4) is 11.4 Å². The van der Waals surface area contributed by atoms with Crippen molar-refractivity contribution < 1.29 is 4.39 Å². The van der Waals surface area contributed by atoms with Crippen molar-refractivity contribution in [3.63, 3.8) is 0 Å². The molecule has 1 aromatic heterocycles. The van der Waals surface area contributed by atoms with Crippen LogP contribution in [0.3, 0.4) is 0 Å². The summed E-state index contributed by atoms with van der Waals surface area (Å²) in [5.41, 5.74) is 2.98. The Morgan fingerprint density at radius 2 is 2.11 bits per heavy atom. The molecule has 0 saturated carbocycles. The van der Waals surface area contributed by atoms with E-state index < -0.39 is 0 Å². The molecule has 0 bridgehead atoms. The summed E-state index contributed by atoms with van der Waals surface area (Å²) in [5.74, 6) is 0.0579. The van der Waals surface area contributed by atoms with Crippen LogP contribution in [0.25, 0.3) is 22.4 Å². The number of nitrogens with zero attached hydrogens (tertiary/aromatic N) is 1. The molecule has 0 spiro atoms. The van der Waals surface area contributed by atoms with Crippen molar-refractivity contribution in [1.82, 2.24) is 9.97 Å². The Morgan fingerprint density at radius 1 is 1.32 bits per heavy atom. The number of aryl methyl sites for hydroxylation is 1. The third-order valence-electron chi connectivity index (χ3n) is 2.94. The normalized spacial score (nSPS) is 11.2. The molecule has 1 heterocycles. The molecule has 0 aliphatic rings. The summed E-state index contributed by atoms with van der Waals surface area (Å²) in [6.45, 7) is 1.96. The van der Waals surface area contributed by atoms with E-state index in [1.165, 1.54) is 6.07 Å². The Labute approximate surface area is 122 Å². The van der Waals surface area contributed by atoms with E-state index >= 15 is 0 Å². The van der Waals surface area contributed by atoms with Crippen LogP contribution in [0.1, 0.15) is 5.56 Å². The number of hydrogen-bond donors (Lipinski definition) is 1. The van der Waals surface area contributed by atoms with Gasteiger partial charge in [-0.25, -0.2) is 9.37 Å². The van der Waals surface area contributed by atoms with Gasteiger partial charge in [0.2, 0.25) is 0 Å². The summed E-state index contributed by atoms with van der Waals surface area (Å²) < 4.78 is 14.8. The second-order valence-corrected chi connectivity index (χ2v) is 5.62. The maximum atomic E-state index is 13.9. The van der Waals surface area contributed by atoms with Crippen molar-refractivity contribution in [2.45, 2.75) is 6.92 Å². The summed E-state index contributed by atoms with van der Waals surface area (Å²) in [6, 6.07) is 8.47. The van der Waals surface area contributed by atoms with E-state index in [9.17, 15) is 4.39 Å². The van der Waals surface area contributed by atoms with Crippen molar-refractivity contribution in [2.75, 3.05) is 0 Å². The molecule has 2 nitrogen and oxygen atoms in total. The molecule has 0 atom stereocenters. The number of fused-ring (bicyclic) bond motifs is 1. The first-order valence-corrected chi connectivity index (χ1v) is 6.83. The molecular weight excluding hydrogens is 331 g/mol. The van der Waals surface area contributed by atoms with Gasteiger partial charge in [0.25, 0.3) is 0 Å². The van der Waals surface area contributed by atoms with Crippen molar-refractivity contribution in [2.24, 2.45) is 0 Å². The second kappa shape index (κ2) is 4.62. The Balaban J connectivity index is 2.30. The molecular formula is C14H9BrClFN2. The standard InChI is InChI=1S/C14H9BrClFN2/c1-7-5-8(15)6-11-13(7)19-14(18-11)12-9(16)3-2-4-10(12)17/h2-6H,1H3,(H,18,19). The van der Waals surface area contributed by atoms with Gasteiger partial charge in [-0.2, -0.15) is 0 Å². The molecule has 2 aromatic carbocycles. The molecule has 0 radical (unpaired) electrons. The van der Waals surface area contributed by atoms with Crippen LogP contribution in [0.5, 0.6) is 0 Å². The summed E-state index contributed by atoms with van der Waals surface area (Å²) >= 11 is 9.48. The highest BCUT2D eigenvalue weighted by atomic mass is 79.9. The van der Waals surface area contributed by atoms with E-state index in [-0.39, 0.29) is 5.82 Å². The fraction of sp³-hybridized carbons (Fsp3) is 0.0714. The highest BCUT2D eigenvalue weighted by Crippen LogP contribution is 2.31. The van der Waals surface area contributed by atoms with E-state index in [1.54, 1.807) is 12.1 Å². The lowest BCUT2D eigenvalue weighted by Crippen LogP contribution is -1.87. The lowest BCUT2D eigenvalue weighted by Gasteiger charge is -2.01. The highest BCUT2D eigenvalue weighted by molar-refractivity contribution is 9.10. The number of benzene rings is 2. The lowest BCUT2D eigenvalue weighted by atomic mass is 10.2. The molecule has 3 rings (SSSR count). The third-order valence-corrected chi connectivity index (χ3v) is 3.71. The van der Waals surface area contributed by atoms with E-state index in [2.05, 4.69) is 25.9 Å². The van der Waals surface area contributed by atoms with E-state index in [0.717, 1.165) is 21.1 Å². The molecule has 0 saturated heterocycles. The van der Waals surface area contributed by atoms with Crippen LogP contribution in [0.15, 0.2) is 34.8 Å². The maximum Gasteiger partial charge on any atom is 0.142 e. The molecule has 0 aliphatic carbocycles. The van der Waals surface area contributed by atoms with Gasteiger partial charge in [-0.15, -0.1) is 0 Å². The van der Waals surface area contributed by atoms with Gasteiger partial charge < -0.3 is 4.98 Å². The number of H-pyrrole nitrogens is 1. The van der Waals surface area contributed by atoms with Crippen LogP contribution in [-0.2, 0) is 0 Å². The van der Waals surface area contributed by atoms with Gasteiger partial charge in [-0.1, -0.05) is 33.6 Å². The zero-order valence-corrected chi connectivity index (χ0v) is 12.3. The van der Waals surface area contributed by atoms with Gasteiger partial charge in [0.05, 0.1) is 21.6 Å². The Bertz CT molecular complexity index is 762. The van der Waals surface area contributed by atoms with Gasteiger partial charge in [0.15, 0.2) is 0 Å². The Hall–Kier alpha value is -1.39. The summed E-state index contributed by atoms with van der Waals surface area (Å²) in [5, 5.41) is 0.343. The van der Waals surface area contributed by atoms with E-state index in [4.69, 9.17) is 11.6 Å². The molecule has 0 fully saturated rings. The van der Waals surface area contributed by atoms with E-state index in [1.807, 2.05) is 19.1 Å². The lowest BCUT2D eigenvalue weighted by molar-refractivity contribution is 0.630. The van der Waals surface area contributed by atoms with Crippen LogP contribution in [-0.4, -0.2) is 9.97 Å². The topological polar surface area (TPSA) is 28.7 Å². The first kappa shape index (κ1) is 12.6. The molecule has 19 heavy (non-hydrogen) atoms. The van der Waals surface area contributed by atoms with Crippen molar-refractivity contribution in [3.05, 3.63) is 51.2 Å². The molecule has 96 valence electrons. The quantitative estimate of drug-likeness (QED) is 0.657. The van der Waals surface area contributed by atoms with Gasteiger partial charge >= 0.3 is 0 Å². The largest absolute Gasteiger partial charge is 0.338 e. The molecule has 0 aliphatic heterocycles. The number of nitrogens with one attached hydrogen (secondary N) is 1. The number of halogens is 3. The molecule has 0 unspecified atom stereocenters. The smallest absolute Gasteiger partial charge is 0.142 e. The van der Waals surface area contributed by atoms with Crippen LogP contribution >= 0.6 is 27.5 Å². The Morgan fingerprint density at radius 3 is 2.84 bits per heavy atom. The van der Waals surface area contributed by atoms with Gasteiger partial charge in [-0.3, -0.25) is 0 Å². The fourth-order valence-corrected chi connectivity index (χ4v) is 2.91. The average molecular weight is 340 g/mol. The molecule has 3 aromatic rings. The predicted molar refractivity (Wildman–Crippen MR) is 78.9 cm³/mol. The fourth-order valence-electron chi connectivity index (χ4n) is 2.09. The van der Waals surface area contributed by atoms with Crippen LogP contribution in [0, 0.1) is 12.7 Å². The second-order valence-electron chi connectivity index (χ2n) is 4.30. The Kier molecular flexibility index (Phi) is 3.07. The monoisotopic (exact) mass is 338 g/mol. The van der Waals surface area contributed by atoms with Crippen LogP contribution < -0.4 is 0 Å². The van der Waals surface area contributed by atoms with Gasteiger partial charge in [0.1, 0.15) is 11.6 Å². The van der Waals surface area contributed by atoms with Gasteiger partial charge in [0, 0.05) is 4.47 Å². The number of aromatic nitrogens is 2. The minimum absolute atomic E-state index is 0.302. The predicted octanol–water partition coefficient (Wildman–Crippen LogP) is 5.09. The zero-order chi connectivity index (χ0) is 13.6. The number of rotatable bonds is 1. The van der Waals surface area contributed by atoms with Crippen molar-refractivity contribution >= 4 is 38.6 Å². The van der Waals surface area contributed by atoms with Crippen LogP contribution in [0.2, 0.25) is 5.02 Å². The van der Waals surface area contributed by atoms with Crippen LogP contribution in [0.4, 0.5) is 4.39 Å². The molecule has 1 N–H and O–H groups in total. The summed E-state index contributed by atoms with van der Waals surface area (Å²) in [6.07, 6.45) is 0. The first-order chi connectivity index (χ1) is 9.06. The summed E-state index contributed by atoms with van der Waals surface area (Å²) in [7, 11) is 0. The third kappa shape index (κ3) is 2.15. The number of imidazole rings is 1. The number of aromatic amines is 1. The van der Waals surface area contributed by atoms with Gasteiger partial charge in [-0.05, 0) is 36.8 Å². The highest BCUT2D eigenvalue weighted by Gasteiger charge is 2.14.